The molecule has 1 unspecified atom stereocenters. The maximum Gasteiger partial charge on any atom is 0.243 e. The van der Waals surface area contributed by atoms with E-state index in [4.69, 9.17) is 10.2 Å². The van der Waals surface area contributed by atoms with Gasteiger partial charge in [0.1, 0.15) is 10.7 Å². The van der Waals surface area contributed by atoms with Gasteiger partial charge < -0.3 is 10.2 Å². The van der Waals surface area contributed by atoms with Crippen molar-refractivity contribution >= 4 is 31.6 Å². The van der Waals surface area contributed by atoms with E-state index in [0.717, 1.165) is 4.47 Å². The predicted molar refractivity (Wildman–Crippen MR) is 76.0 cm³/mol. The fourth-order valence-electron chi connectivity index (χ4n) is 1.66. The molecule has 0 aliphatic heterocycles. The highest BCUT2D eigenvalue weighted by Crippen LogP contribution is 2.24. The zero-order valence-corrected chi connectivity index (χ0v) is 12.5. The number of sulfonamides is 1. The molecule has 0 fully saturated rings. The first-order valence-corrected chi connectivity index (χ1v) is 7.78. The summed E-state index contributed by atoms with van der Waals surface area (Å²) in [6.45, 7) is 1.70. The molecule has 0 saturated heterocycles. The summed E-state index contributed by atoms with van der Waals surface area (Å²) >= 11 is 3.24. The molecule has 19 heavy (non-hydrogen) atoms. The number of nitrogen functional groups attached to an aromatic ring is 1. The molecule has 5 nitrogen and oxygen atoms in total. The van der Waals surface area contributed by atoms with Crippen LogP contribution in [0.25, 0.3) is 0 Å². The summed E-state index contributed by atoms with van der Waals surface area (Å²) < 4.78 is 32.8. The minimum Gasteiger partial charge on any atom is -0.468 e. The van der Waals surface area contributed by atoms with E-state index in [1.807, 2.05) is 0 Å². The average molecular weight is 345 g/mol. The highest BCUT2D eigenvalue weighted by atomic mass is 79.9. The smallest absolute Gasteiger partial charge is 0.243 e. The lowest BCUT2D eigenvalue weighted by Gasteiger charge is -2.13. The third kappa shape index (κ3) is 3.17. The summed E-state index contributed by atoms with van der Waals surface area (Å²) in [4.78, 5) is 0.0501. The SMILES string of the molecule is CC(NS(=O)(=O)c1ccc(Br)cc1N)c1ccco1. The highest BCUT2D eigenvalue weighted by Gasteiger charge is 2.21. The van der Waals surface area contributed by atoms with E-state index in [-0.39, 0.29) is 10.6 Å². The molecule has 2 rings (SSSR count). The van der Waals surface area contributed by atoms with Gasteiger partial charge in [-0.2, -0.15) is 0 Å². The first kappa shape index (κ1) is 14.1. The van der Waals surface area contributed by atoms with E-state index >= 15 is 0 Å². The largest absolute Gasteiger partial charge is 0.468 e. The van der Waals surface area contributed by atoms with Crippen molar-refractivity contribution in [2.75, 3.05) is 5.73 Å². The molecule has 0 amide bonds. The van der Waals surface area contributed by atoms with Gasteiger partial charge in [0.15, 0.2) is 0 Å². The molecule has 0 saturated carbocycles. The quantitative estimate of drug-likeness (QED) is 0.835. The summed E-state index contributed by atoms with van der Waals surface area (Å²) in [6.07, 6.45) is 1.49. The Balaban J connectivity index is 2.28. The van der Waals surface area contributed by atoms with Crippen molar-refractivity contribution in [1.82, 2.24) is 4.72 Å². The zero-order valence-electron chi connectivity index (χ0n) is 10.1. The van der Waals surface area contributed by atoms with E-state index in [1.165, 1.54) is 12.3 Å². The van der Waals surface area contributed by atoms with Crippen LogP contribution in [0.3, 0.4) is 0 Å². The fraction of sp³-hybridized carbons (Fsp3) is 0.167. The Bertz CT molecular complexity index is 668. The summed E-state index contributed by atoms with van der Waals surface area (Å²) in [6, 6.07) is 7.57. The molecule has 0 aliphatic rings. The summed E-state index contributed by atoms with van der Waals surface area (Å²) in [5.74, 6) is 0.541. The number of hydrogen-bond donors (Lipinski definition) is 2. The van der Waals surface area contributed by atoms with E-state index in [2.05, 4.69) is 20.7 Å². The predicted octanol–water partition coefficient (Wildman–Crippen LogP) is 2.66. The van der Waals surface area contributed by atoms with Gasteiger partial charge in [0.05, 0.1) is 18.0 Å². The normalized spacial score (nSPS) is 13.4. The number of halogens is 1. The standard InChI is InChI=1S/C12H13BrN2O3S/c1-8(11-3-2-6-18-11)15-19(16,17)12-5-4-9(13)7-10(12)14/h2-8,15H,14H2,1H3. The van der Waals surface area contributed by atoms with Gasteiger partial charge >= 0.3 is 0 Å². The number of nitrogens with one attached hydrogen (secondary N) is 1. The fourth-order valence-corrected chi connectivity index (χ4v) is 3.36. The van der Waals surface area contributed by atoms with Crippen molar-refractivity contribution in [2.24, 2.45) is 0 Å². The highest BCUT2D eigenvalue weighted by molar-refractivity contribution is 9.10. The second kappa shape index (κ2) is 5.36. The zero-order chi connectivity index (χ0) is 14.0. The average Bonchev–Trinajstić information content (AvgIpc) is 2.80. The number of benzene rings is 1. The van der Waals surface area contributed by atoms with E-state index < -0.39 is 16.1 Å². The minimum atomic E-state index is -3.69. The Hall–Kier alpha value is -1.31. The molecular formula is C12H13BrN2O3S. The molecular weight excluding hydrogens is 332 g/mol. The molecule has 2 aromatic rings. The molecule has 0 spiro atoms. The van der Waals surface area contributed by atoms with Gasteiger partial charge in [-0.25, -0.2) is 13.1 Å². The molecule has 0 aliphatic carbocycles. The first-order valence-electron chi connectivity index (χ1n) is 5.51. The lowest BCUT2D eigenvalue weighted by atomic mass is 10.3. The molecule has 1 aromatic carbocycles. The number of anilines is 1. The third-order valence-corrected chi connectivity index (χ3v) is 4.67. The van der Waals surface area contributed by atoms with Crippen LogP contribution in [0.1, 0.15) is 18.7 Å². The Morgan fingerprint density at radius 3 is 2.68 bits per heavy atom. The molecule has 1 atom stereocenters. The summed E-state index contributed by atoms with van der Waals surface area (Å²) in [5, 5.41) is 0. The van der Waals surface area contributed by atoms with Gasteiger partial charge in [0.25, 0.3) is 0 Å². The lowest BCUT2D eigenvalue weighted by molar-refractivity contribution is 0.459. The Morgan fingerprint density at radius 2 is 2.11 bits per heavy atom. The summed E-state index contributed by atoms with van der Waals surface area (Å²) in [7, 11) is -3.69. The summed E-state index contributed by atoms with van der Waals surface area (Å²) in [5.41, 5.74) is 5.92. The van der Waals surface area contributed by atoms with Crippen molar-refractivity contribution in [3.05, 3.63) is 46.8 Å². The van der Waals surface area contributed by atoms with E-state index in [1.54, 1.807) is 31.2 Å². The van der Waals surface area contributed by atoms with Crippen LogP contribution in [-0.2, 0) is 10.0 Å². The Labute approximate surface area is 120 Å². The van der Waals surface area contributed by atoms with E-state index in [0.29, 0.717) is 5.76 Å². The van der Waals surface area contributed by atoms with Crippen molar-refractivity contribution < 1.29 is 12.8 Å². The molecule has 3 N–H and O–H groups in total. The van der Waals surface area contributed by atoms with Crippen molar-refractivity contribution in [3.63, 3.8) is 0 Å². The van der Waals surface area contributed by atoms with Crippen LogP contribution in [0.2, 0.25) is 0 Å². The van der Waals surface area contributed by atoms with Gasteiger partial charge in [0, 0.05) is 4.47 Å². The maximum atomic E-state index is 12.2. The second-order valence-electron chi connectivity index (χ2n) is 4.04. The van der Waals surface area contributed by atoms with Crippen molar-refractivity contribution in [2.45, 2.75) is 17.9 Å². The van der Waals surface area contributed by atoms with Gasteiger partial charge in [-0.05, 0) is 37.3 Å². The third-order valence-electron chi connectivity index (χ3n) is 2.56. The number of nitrogens with two attached hydrogens (primary N) is 1. The Morgan fingerprint density at radius 1 is 1.37 bits per heavy atom. The van der Waals surface area contributed by atoms with Crippen molar-refractivity contribution in [3.8, 4) is 0 Å². The Kier molecular flexibility index (Phi) is 3.98. The maximum absolute atomic E-state index is 12.2. The van der Waals surface area contributed by atoms with Gasteiger partial charge in [-0.3, -0.25) is 0 Å². The number of furan rings is 1. The molecule has 1 aromatic heterocycles. The molecule has 1 heterocycles. The van der Waals surface area contributed by atoms with Crippen LogP contribution in [0, 0.1) is 0 Å². The van der Waals surface area contributed by atoms with Gasteiger partial charge in [-0.1, -0.05) is 15.9 Å². The lowest BCUT2D eigenvalue weighted by Crippen LogP contribution is -2.27. The van der Waals surface area contributed by atoms with Crippen LogP contribution < -0.4 is 10.5 Å². The number of rotatable bonds is 4. The van der Waals surface area contributed by atoms with E-state index in [9.17, 15) is 8.42 Å². The molecule has 7 heteroatoms. The molecule has 0 bridgehead atoms. The number of hydrogen-bond acceptors (Lipinski definition) is 4. The molecule has 0 radical (unpaired) electrons. The van der Waals surface area contributed by atoms with Crippen LogP contribution in [0.15, 0.2) is 50.4 Å². The minimum absolute atomic E-state index is 0.0501. The van der Waals surface area contributed by atoms with Crippen LogP contribution in [0.5, 0.6) is 0 Å². The topological polar surface area (TPSA) is 85.3 Å². The van der Waals surface area contributed by atoms with Crippen LogP contribution in [0.4, 0.5) is 5.69 Å². The van der Waals surface area contributed by atoms with Crippen LogP contribution >= 0.6 is 15.9 Å². The second-order valence-corrected chi connectivity index (χ2v) is 6.64. The van der Waals surface area contributed by atoms with Crippen LogP contribution in [-0.4, -0.2) is 8.42 Å². The van der Waals surface area contributed by atoms with Gasteiger partial charge in [-0.15, -0.1) is 0 Å². The monoisotopic (exact) mass is 344 g/mol. The van der Waals surface area contributed by atoms with Gasteiger partial charge in [0.2, 0.25) is 10.0 Å². The molecule has 102 valence electrons. The first-order chi connectivity index (χ1) is 8.90. The van der Waals surface area contributed by atoms with Crippen molar-refractivity contribution in [1.29, 1.82) is 0 Å².